The maximum atomic E-state index is 12.2. The van der Waals surface area contributed by atoms with Crippen LogP contribution in [-0.2, 0) is 0 Å². The van der Waals surface area contributed by atoms with Gasteiger partial charge in [0.15, 0.2) is 0 Å². The van der Waals surface area contributed by atoms with E-state index in [9.17, 15) is 8.78 Å². The third kappa shape index (κ3) is 1.76. The van der Waals surface area contributed by atoms with E-state index in [0.717, 1.165) is 0 Å². The fraction of sp³-hybridized carbons (Fsp3) is 0.125. The van der Waals surface area contributed by atoms with Gasteiger partial charge < -0.3 is 10.3 Å². The zero-order valence-electron chi connectivity index (χ0n) is 7.39. The molecule has 2 aromatic rings. The quantitative estimate of drug-likeness (QED) is 0.818. The summed E-state index contributed by atoms with van der Waals surface area (Å²) >= 11 is 0. The smallest absolute Gasteiger partial charge is 0.300 e. The highest BCUT2D eigenvalue weighted by Crippen LogP contribution is 2.24. The summed E-state index contributed by atoms with van der Waals surface area (Å²) in [5, 5.41) is 3.11. The Balaban J connectivity index is 2.42. The number of rotatable bonds is 2. The topological polar surface area (TPSA) is 77.8 Å². The van der Waals surface area contributed by atoms with Crippen LogP contribution < -0.4 is 5.73 Å². The first-order valence-corrected chi connectivity index (χ1v) is 4.01. The lowest BCUT2D eigenvalue weighted by molar-refractivity contribution is 0.136. The molecule has 0 aliphatic heterocycles. The molecular formula is C8H6F2N4O. The zero-order valence-corrected chi connectivity index (χ0v) is 7.39. The monoisotopic (exact) mass is 212 g/mol. The maximum absolute atomic E-state index is 12.2. The van der Waals surface area contributed by atoms with Crippen LogP contribution in [-0.4, -0.2) is 15.1 Å². The molecule has 2 aromatic heterocycles. The van der Waals surface area contributed by atoms with Crippen LogP contribution in [0.2, 0.25) is 0 Å². The predicted octanol–water partition coefficient (Wildman–Crippen LogP) is 1.65. The van der Waals surface area contributed by atoms with Crippen LogP contribution in [0, 0.1) is 0 Å². The third-order valence-electron chi connectivity index (χ3n) is 1.71. The number of nitrogens with zero attached hydrogens (tertiary/aromatic N) is 3. The highest BCUT2D eigenvalue weighted by Gasteiger charge is 2.18. The highest BCUT2D eigenvalue weighted by molar-refractivity contribution is 5.66. The Bertz CT molecular complexity index is 471. The largest absolute Gasteiger partial charge is 0.383 e. The molecule has 0 spiro atoms. The van der Waals surface area contributed by atoms with Gasteiger partial charge in [-0.2, -0.15) is 4.98 Å². The summed E-state index contributed by atoms with van der Waals surface area (Å²) in [7, 11) is 0. The van der Waals surface area contributed by atoms with Crippen molar-refractivity contribution in [3.05, 3.63) is 24.2 Å². The Hall–Kier alpha value is -2.05. The number of hydrogen-bond donors (Lipinski definition) is 1. The van der Waals surface area contributed by atoms with Gasteiger partial charge in [0.05, 0.1) is 5.56 Å². The molecule has 0 amide bonds. The second kappa shape index (κ2) is 3.60. The second-order valence-electron chi connectivity index (χ2n) is 2.69. The maximum Gasteiger partial charge on any atom is 0.300 e. The molecule has 0 unspecified atom stereocenters. The van der Waals surface area contributed by atoms with Crippen LogP contribution in [0.25, 0.3) is 11.5 Å². The number of pyridine rings is 1. The second-order valence-corrected chi connectivity index (χ2v) is 2.69. The van der Waals surface area contributed by atoms with Crippen molar-refractivity contribution in [1.82, 2.24) is 15.1 Å². The molecule has 0 saturated heterocycles. The number of anilines is 1. The summed E-state index contributed by atoms with van der Waals surface area (Å²) in [5.74, 6) is -0.564. The molecule has 5 nitrogen and oxygen atoms in total. The number of halogens is 2. The van der Waals surface area contributed by atoms with Gasteiger partial charge in [-0.25, -0.2) is 13.8 Å². The van der Waals surface area contributed by atoms with Crippen molar-refractivity contribution >= 4 is 5.82 Å². The van der Waals surface area contributed by atoms with Crippen molar-refractivity contribution < 1.29 is 13.3 Å². The molecule has 0 fully saturated rings. The summed E-state index contributed by atoms with van der Waals surface area (Å²) in [6.07, 6.45) is -1.29. The van der Waals surface area contributed by atoms with Gasteiger partial charge in [-0.1, -0.05) is 5.16 Å². The summed E-state index contributed by atoms with van der Waals surface area (Å²) in [5.41, 5.74) is 5.86. The summed E-state index contributed by atoms with van der Waals surface area (Å²) < 4.78 is 29.0. The normalized spacial score (nSPS) is 10.9. The predicted molar refractivity (Wildman–Crippen MR) is 46.9 cm³/mol. The molecule has 7 heteroatoms. The van der Waals surface area contributed by atoms with Crippen molar-refractivity contribution in [1.29, 1.82) is 0 Å². The van der Waals surface area contributed by atoms with Crippen molar-refractivity contribution in [3.8, 4) is 11.5 Å². The minimum atomic E-state index is -2.76. The molecule has 0 aromatic carbocycles. The SMILES string of the molecule is Nc1ncccc1-c1nc(C(F)F)no1. The standard InChI is InChI=1S/C8H6F2N4O/c9-5(10)7-13-8(15-14-7)4-2-1-3-12-6(4)11/h1-3,5H,(H2,11,12). The van der Waals surface area contributed by atoms with E-state index in [2.05, 4.69) is 19.6 Å². The van der Waals surface area contributed by atoms with Crippen LogP contribution >= 0.6 is 0 Å². The minimum Gasteiger partial charge on any atom is -0.383 e. The first kappa shape index (κ1) is 9.50. The first-order chi connectivity index (χ1) is 7.18. The average molecular weight is 212 g/mol. The van der Waals surface area contributed by atoms with E-state index >= 15 is 0 Å². The van der Waals surface area contributed by atoms with E-state index in [1.165, 1.54) is 6.20 Å². The molecule has 15 heavy (non-hydrogen) atoms. The van der Waals surface area contributed by atoms with Gasteiger partial charge in [-0.05, 0) is 12.1 Å². The molecule has 2 heterocycles. The fourth-order valence-electron chi connectivity index (χ4n) is 1.03. The van der Waals surface area contributed by atoms with E-state index in [1.807, 2.05) is 0 Å². The third-order valence-corrected chi connectivity index (χ3v) is 1.71. The number of nitrogen functional groups attached to an aromatic ring is 1. The van der Waals surface area contributed by atoms with Crippen molar-refractivity contribution in [2.45, 2.75) is 6.43 Å². The lowest BCUT2D eigenvalue weighted by Gasteiger charge is -1.96. The lowest BCUT2D eigenvalue weighted by Crippen LogP contribution is -1.93. The lowest BCUT2D eigenvalue weighted by atomic mass is 10.2. The summed E-state index contributed by atoms with van der Waals surface area (Å²) in [6, 6.07) is 3.16. The Morgan fingerprint density at radius 3 is 2.80 bits per heavy atom. The molecule has 0 atom stereocenters. The number of hydrogen-bond acceptors (Lipinski definition) is 5. The highest BCUT2D eigenvalue weighted by atomic mass is 19.3. The van der Waals surface area contributed by atoms with E-state index < -0.39 is 12.2 Å². The van der Waals surface area contributed by atoms with Gasteiger partial charge in [0.1, 0.15) is 5.82 Å². The van der Waals surface area contributed by atoms with Gasteiger partial charge in [-0.3, -0.25) is 0 Å². The van der Waals surface area contributed by atoms with Crippen LogP contribution in [0.15, 0.2) is 22.9 Å². The van der Waals surface area contributed by atoms with E-state index in [0.29, 0.717) is 5.56 Å². The van der Waals surface area contributed by atoms with E-state index in [-0.39, 0.29) is 11.7 Å². The minimum absolute atomic E-state index is 0.0594. The van der Waals surface area contributed by atoms with Gasteiger partial charge in [0.25, 0.3) is 5.89 Å². The summed E-state index contributed by atoms with van der Waals surface area (Å²) in [6.45, 7) is 0. The molecule has 78 valence electrons. The van der Waals surface area contributed by atoms with Crippen LogP contribution in [0.1, 0.15) is 12.2 Å². The number of nitrogens with two attached hydrogens (primary N) is 1. The zero-order chi connectivity index (χ0) is 10.8. The van der Waals surface area contributed by atoms with Crippen LogP contribution in [0.3, 0.4) is 0 Å². The van der Waals surface area contributed by atoms with Crippen LogP contribution in [0.5, 0.6) is 0 Å². The molecule has 0 aliphatic carbocycles. The van der Waals surface area contributed by atoms with Crippen molar-refractivity contribution in [3.63, 3.8) is 0 Å². The number of aromatic nitrogens is 3. The molecule has 0 radical (unpaired) electrons. The molecular weight excluding hydrogens is 206 g/mol. The van der Waals surface area contributed by atoms with Crippen LogP contribution in [0.4, 0.5) is 14.6 Å². The van der Waals surface area contributed by atoms with E-state index in [4.69, 9.17) is 5.73 Å². The van der Waals surface area contributed by atoms with Gasteiger partial charge in [-0.15, -0.1) is 0 Å². The molecule has 2 rings (SSSR count). The van der Waals surface area contributed by atoms with E-state index in [1.54, 1.807) is 12.1 Å². The average Bonchev–Trinajstić information content (AvgIpc) is 2.67. The fourth-order valence-corrected chi connectivity index (χ4v) is 1.03. The molecule has 0 saturated carbocycles. The Labute approximate surface area is 82.9 Å². The molecule has 2 N–H and O–H groups in total. The Morgan fingerprint density at radius 1 is 1.40 bits per heavy atom. The molecule has 0 aliphatic rings. The Morgan fingerprint density at radius 2 is 2.20 bits per heavy atom. The van der Waals surface area contributed by atoms with Gasteiger partial charge >= 0.3 is 6.43 Å². The van der Waals surface area contributed by atoms with Gasteiger partial charge in [0.2, 0.25) is 5.82 Å². The Kier molecular flexibility index (Phi) is 2.28. The van der Waals surface area contributed by atoms with Gasteiger partial charge in [0, 0.05) is 6.20 Å². The summed E-state index contributed by atoms with van der Waals surface area (Å²) in [4.78, 5) is 7.27. The first-order valence-electron chi connectivity index (χ1n) is 4.01. The molecule has 0 bridgehead atoms. The number of alkyl halides is 2. The van der Waals surface area contributed by atoms with Crippen molar-refractivity contribution in [2.24, 2.45) is 0 Å². The van der Waals surface area contributed by atoms with Crippen molar-refractivity contribution in [2.75, 3.05) is 5.73 Å².